The summed E-state index contributed by atoms with van der Waals surface area (Å²) in [5, 5.41) is 2.20. The Morgan fingerprint density at radius 2 is 1.76 bits per heavy atom. The summed E-state index contributed by atoms with van der Waals surface area (Å²) in [6.07, 6.45) is 0. The SMILES string of the molecule is CN1C(=O)c2ccc3ccc(Cl)cc3c2C1=O. The molecule has 0 bridgehead atoms. The average molecular weight is 246 g/mol. The van der Waals surface area contributed by atoms with Gasteiger partial charge in [0.15, 0.2) is 0 Å². The maximum absolute atomic E-state index is 12.0. The molecule has 17 heavy (non-hydrogen) atoms. The zero-order valence-corrected chi connectivity index (χ0v) is 9.78. The number of carbonyl (C=O) groups excluding carboxylic acids is 2. The van der Waals surface area contributed by atoms with Crippen molar-refractivity contribution in [1.29, 1.82) is 0 Å². The van der Waals surface area contributed by atoms with Crippen LogP contribution in [0.2, 0.25) is 5.02 Å². The molecule has 0 aromatic heterocycles. The fourth-order valence-electron chi connectivity index (χ4n) is 2.14. The second-order valence-electron chi connectivity index (χ2n) is 4.02. The van der Waals surface area contributed by atoms with E-state index >= 15 is 0 Å². The lowest BCUT2D eigenvalue weighted by Gasteiger charge is -2.04. The van der Waals surface area contributed by atoms with E-state index in [4.69, 9.17) is 11.6 Å². The molecule has 0 radical (unpaired) electrons. The number of amides is 2. The van der Waals surface area contributed by atoms with Crippen LogP contribution in [0.4, 0.5) is 0 Å². The van der Waals surface area contributed by atoms with E-state index in [1.807, 2.05) is 12.1 Å². The first-order valence-corrected chi connectivity index (χ1v) is 5.52. The molecule has 0 aliphatic carbocycles. The van der Waals surface area contributed by atoms with Gasteiger partial charge in [-0.3, -0.25) is 14.5 Å². The highest BCUT2D eigenvalue weighted by Gasteiger charge is 2.34. The third kappa shape index (κ3) is 1.29. The van der Waals surface area contributed by atoms with Gasteiger partial charge in [-0.2, -0.15) is 0 Å². The lowest BCUT2D eigenvalue weighted by molar-refractivity contribution is 0.0694. The standard InChI is InChI=1S/C13H8ClNO2/c1-15-12(16)9-5-3-7-2-4-8(14)6-10(7)11(9)13(15)17/h2-6H,1H3. The Kier molecular flexibility index (Phi) is 2.00. The fraction of sp³-hybridized carbons (Fsp3) is 0.0769. The number of hydrogen-bond donors (Lipinski definition) is 0. The molecule has 0 unspecified atom stereocenters. The lowest BCUT2D eigenvalue weighted by Crippen LogP contribution is -2.24. The van der Waals surface area contributed by atoms with Gasteiger partial charge in [0.1, 0.15) is 0 Å². The molecule has 2 aromatic carbocycles. The van der Waals surface area contributed by atoms with Crippen molar-refractivity contribution in [3.8, 4) is 0 Å². The van der Waals surface area contributed by atoms with E-state index in [0.717, 1.165) is 15.7 Å². The molecule has 1 aliphatic heterocycles. The van der Waals surface area contributed by atoms with Crippen LogP contribution in [0.1, 0.15) is 20.7 Å². The van der Waals surface area contributed by atoms with Crippen molar-refractivity contribution < 1.29 is 9.59 Å². The largest absolute Gasteiger partial charge is 0.277 e. The van der Waals surface area contributed by atoms with E-state index in [2.05, 4.69) is 0 Å². The molecule has 0 fully saturated rings. The molecule has 0 saturated heterocycles. The van der Waals surface area contributed by atoms with Crippen LogP contribution in [0, 0.1) is 0 Å². The van der Waals surface area contributed by atoms with Gasteiger partial charge in [-0.05, 0) is 29.0 Å². The molecular formula is C13H8ClNO2. The Hall–Kier alpha value is -1.87. The average Bonchev–Trinajstić information content (AvgIpc) is 2.54. The maximum atomic E-state index is 12.0. The van der Waals surface area contributed by atoms with Crippen LogP contribution in [-0.4, -0.2) is 23.8 Å². The fourth-order valence-corrected chi connectivity index (χ4v) is 2.31. The molecule has 3 rings (SSSR count). The van der Waals surface area contributed by atoms with Crippen molar-refractivity contribution in [2.75, 3.05) is 7.05 Å². The Labute approximate surface area is 103 Å². The van der Waals surface area contributed by atoms with E-state index in [1.54, 1.807) is 18.2 Å². The highest BCUT2D eigenvalue weighted by Crippen LogP contribution is 2.31. The molecule has 0 spiro atoms. The Morgan fingerprint density at radius 1 is 1.06 bits per heavy atom. The summed E-state index contributed by atoms with van der Waals surface area (Å²) >= 11 is 5.93. The molecule has 2 amide bonds. The Bertz CT molecular complexity index is 678. The molecule has 0 saturated carbocycles. The third-order valence-electron chi connectivity index (χ3n) is 3.04. The van der Waals surface area contributed by atoms with Crippen LogP contribution < -0.4 is 0 Å². The summed E-state index contributed by atoms with van der Waals surface area (Å²) in [5.41, 5.74) is 0.907. The van der Waals surface area contributed by atoms with Gasteiger partial charge in [0.2, 0.25) is 0 Å². The van der Waals surface area contributed by atoms with Gasteiger partial charge in [0.25, 0.3) is 11.8 Å². The van der Waals surface area contributed by atoms with E-state index < -0.39 is 0 Å². The number of fused-ring (bicyclic) bond motifs is 3. The number of halogens is 1. The predicted octanol–water partition coefficient (Wildman–Crippen LogP) is 2.72. The second-order valence-corrected chi connectivity index (χ2v) is 4.46. The Balaban J connectivity index is 2.45. The molecule has 0 atom stereocenters. The van der Waals surface area contributed by atoms with E-state index in [9.17, 15) is 9.59 Å². The number of rotatable bonds is 0. The highest BCUT2D eigenvalue weighted by atomic mass is 35.5. The highest BCUT2D eigenvalue weighted by molar-refractivity contribution is 6.32. The second kappa shape index (κ2) is 3.31. The van der Waals surface area contributed by atoms with Crippen LogP contribution in [0.15, 0.2) is 30.3 Å². The van der Waals surface area contributed by atoms with Crippen LogP contribution in [0.3, 0.4) is 0 Å². The number of benzene rings is 2. The van der Waals surface area contributed by atoms with Crippen LogP contribution in [0.5, 0.6) is 0 Å². The van der Waals surface area contributed by atoms with Gasteiger partial charge < -0.3 is 0 Å². The van der Waals surface area contributed by atoms with Crippen LogP contribution in [-0.2, 0) is 0 Å². The van der Waals surface area contributed by atoms with Gasteiger partial charge in [-0.15, -0.1) is 0 Å². The van der Waals surface area contributed by atoms with Crippen LogP contribution in [0.25, 0.3) is 10.8 Å². The van der Waals surface area contributed by atoms with Crippen molar-refractivity contribution in [3.63, 3.8) is 0 Å². The van der Waals surface area contributed by atoms with Gasteiger partial charge in [0, 0.05) is 12.1 Å². The molecule has 2 aromatic rings. The van der Waals surface area contributed by atoms with Crippen molar-refractivity contribution in [3.05, 3.63) is 46.5 Å². The summed E-state index contributed by atoms with van der Waals surface area (Å²) in [6.45, 7) is 0. The smallest absolute Gasteiger partial charge is 0.261 e. The summed E-state index contributed by atoms with van der Waals surface area (Å²) in [5.74, 6) is -0.523. The first-order valence-electron chi connectivity index (χ1n) is 5.14. The normalized spacial score (nSPS) is 14.6. The number of carbonyl (C=O) groups is 2. The van der Waals surface area contributed by atoms with Gasteiger partial charge in [-0.25, -0.2) is 0 Å². The van der Waals surface area contributed by atoms with Crippen molar-refractivity contribution in [1.82, 2.24) is 4.90 Å². The first kappa shape index (κ1) is 10.3. The van der Waals surface area contributed by atoms with Crippen molar-refractivity contribution >= 4 is 34.2 Å². The number of nitrogens with zero attached hydrogens (tertiary/aromatic N) is 1. The predicted molar refractivity (Wildman–Crippen MR) is 65.4 cm³/mol. The third-order valence-corrected chi connectivity index (χ3v) is 3.27. The molecule has 0 N–H and O–H groups in total. The van der Waals surface area contributed by atoms with Gasteiger partial charge >= 0.3 is 0 Å². The van der Waals surface area contributed by atoms with E-state index in [0.29, 0.717) is 16.1 Å². The van der Waals surface area contributed by atoms with Crippen molar-refractivity contribution in [2.45, 2.75) is 0 Å². The maximum Gasteiger partial charge on any atom is 0.261 e. The molecule has 1 heterocycles. The minimum absolute atomic E-state index is 0.258. The molecular weight excluding hydrogens is 238 g/mol. The lowest BCUT2D eigenvalue weighted by atomic mass is 10.0. The topological polar surface area (TPSA) is 37.4 Å². The Morgan fingerprint density at radius 3 is 2.53 bits per heavy atom. The minimum atomic E-state index is -0.266. The summed E-state index contributed by atoms with van der Waals surface area (Å²) < 4.78 is 0. The van der Waals surface area contributed by atoms with Gasteiger partial charge in [-0.1, -0.05) is 23.7 Å². The summed E-state index contributed by atoms with van der Waals surface area (Å²) in [4.78, 5) is 24.9. The summed E-state index contributed by atoms with van der Waals surface area (Å²) in [7, 11) is 1.49. The summed E-state index contributed by atoms with van der Waals surface area (Å²) in [6, 6.07) is 8.85. The quantitative estimate of drug-likeness (QED) is 0.670. The minimum Gasteiger partial charge on any atom is -0.277 e. The monoisotopic (exact) mass is 245 g/mol. The molecule has 4 heteroatoms. The van der Waals surface area contributed by atoms with Crippen molar-refractivity contribution in [2.24, 2.45) is 0 Å². The zero-order chi connectivity index (χ0) is 12.2. The number of hydrogen-bond acceptors (Lipinski definition) is 2. The molecule has 3 nitrogen and oxygen atoms in total. The first-order chi connectivity index (χ1) is 8.09. The van der Waals surface area contributed by atoms with E-state index in [-0.39, 0.29) is 11.8 Å². The molecule has 84 valence electrons. The zero-order valence-electron chi connectivity index (χ0n) is 9.03. The van der Waals surface area contributed by atoms with E-state index in [1.165, 1.54) is 7.05 Å². The number of imide groups is 1. The van der Waals surface area contributed by atoms with Gasteiger partial charge in [0.05, 0.1) is 11.1 Å². The molecule has 1 aliphatic rings. The van der Waals surface area contributed by atoms with Crippen LogP contribution >= 0.6 is 11.6 Å².